The van der Waals surface area contributed by atoms with E-state index in [4.69, 9.17) is 0 Å². The summed E-state index contributed by atoms with van der Waals surface area (Å²) in [7, 11) is 1.95. The average Bonchev–Trinajstić information content (AvgIpc) is 3.37. The van der Waals surface area contributed by atoms with Crippen LogP contribution in [-0.4, -0.2) is 75.6 Å². The maximum Gasteiger partial charge on any atom is 0.573 e. The number of carbonyl (C=O) groups excluding carboxylic acids is 1. The molecular weight excluding hydrogens is 511 g/mol. The number of piperidine rings is 1. The number of hydrogen-bond acceptors (Lipinski definition) is 6. The van der Waals surface area contributed by atoms with Crippen molar-refractivity contribution in [2.24, 2.45) is 5.41 Å². The van der Waals surface area contributed by atoms with E-state index in [1.165, 1.54) is 24.3 Å². The Balaban J connectivity index is 1.45. The minimum atomic E-state index is -4.80. The second-order valence-corrected chi connectivity index (χ2v) is 11.0. The van der Waals surface area contributed by atoms with Gasteiger partial charge in [-0.3, -0.25) is 14.9 Å². The second kappa shape index (κ2) is 9.95. The first-order valence-corrected chi connectivity index (χ1v) is 12.9. The van der Waals surface area contributed by atoms with Crippen molar-refractivity contribution >= 4 is 5.91 Å². The Hall–Kier alpha value is -3.44. The van der Waals surface area contributed by atoms with Gasteiger partial charge in [0.05, 0.1) is 5.69 Å². The fourth-order valence-electron chi connectivity index (χ4n) is 6.11. The zero-order valence-corrected chi connectivity index (χ0v) is 22.1. The molecule has 0 aliphatic carbocycles. The fourth-order valence-corrected chi connectivity index (χ4v) is 6.11. The summed E-state index contributed by atoms with van der Waals surface area (Å²) >= 11 is 0. The number of likely N-dealkylation sites (tertiary alicyclic amines) is 2. The number of ether oxygens (including phenoxy) is 1. The highest BCUT2D eigenvalue weighted by molar-refractivity contribution is 5.73. The maximum atomic E-state index is 12.7. The highest BCUT2D eigenvalue weighted by Crippen LogP contribution is 2.50. The van der Waals surface area contributed by atoms with Crippen molar-refractivity contribution in [3.63, 3.8) is 0 Å². The van der Waals surface area contributed by atoms with Gasteiger partial charge in [-0.25, -0.2) is 0 Å². The van der Waals surface area contributed by atoms with Gasteiger partial charge in [0.15, 0.2) is 0 Å². The third kappa shape index (κ3) is 5.25. The van der Waals surface area contributed by atoms with Gasteiger partial charge in [0.1, 0.15) is 11.4 Å². The van der Waals surface area contributed by atoms with Crippen molar-refractivity contribution in [2.75, 3.05) is 33.2 Å². The van der Waals surface area contributed by atoms with Crippen molar-refractivity contribution in [1.29, 1.82) is 0 Å². The number of aliphatic hydroxyl groups is 1. The normalized spacial score (nSPS) is 19.8. The van der Waals surface area contributed by atoms with Gasteiger partial charge in [0.25, 0.3) is 0 Å². The quantitative estimate of drug-likeness (QED) is 0.482. The van der Waals surface area contributed by atoms with Gasteiger partial charge in [-0.2, -0.15) is 5.10 Å². The van der Waals surface area contributed by atoms with Gasteiger partial charge in [-0.05, 0) is 49.7 Å². The van der Waals surface area contributed by atoms with Crippen LogP contribution in [0, 0.1) is 5.41 Å². The lowest BCUT2D eigenvalue weighted by atomic mass is 9.62. The summed E-state index contributed by atoms with van der Waals surface area (Å²) in [4.78, 5) is 20.0. The molecule has 0 spiro atoms. The summed E-state index contributed by atoms with van der Waals surface area (Å²) in [6.07, 6.45) is 0.167. The van der Waals surface area contributed by atoms with Crippen molar-refractivity contribution in [1.82, 2.24) is 25.0 Å². The van der Waals surface area contributed by atoms with Crippen LogP contribution in [0.2, 0.25) is 0 Å². The molecule has 4 heterocycles. The Morgan fingerprint density at radius 2 is 1.77 bits per heavy atom. The number of amides is 1. The molecule has 0 radical (unpaired) electrons. The molecule has 2 saturated heterocycles. The van der Waals surface area contributed by atoms with Crippen LogP contribution in [0.15, 0.2) is 48.8 Å². The predicted molar refractivity (Wildman–Crippen MR) is 138 cm³/mol. The van der Waals surface area contributed by atoms with Gasteiger partial charge in [0, 0.05) is 73.7 Å². The smallest absolute Gasteiger partial charge is 0.406 e. The minimum absolute atomic E-state index is 0.0861. The largest absolute Gasteiger partial charge is 0.573 e. The molecule has 8 nitrogen and oxygen atoms in total. The van der Waals surface area contributed by atoms with Crippen LogP contribution in [0.25, 0.3) is 11.3 Å². The molecule has 2 N–H and O–H groups in total. The van der Waals surface area contributed by atoms with Crippen molar-refractivity contribution in [2.45, 2.75) is 44.6 Å². The Morgan fingerprint density at radius 1 is 1.10 bits per heavy atom. The van der Waals surface area contributed by atoms with E-state index in [-0.39, 0.29) is 17.6 Å². The van der Waals surface area contributed by atoms with Crippen molar-refractivity contribution < 1.29 is 27.8 Å². The molecule has 1 amide bonds. The summed E-state index contributed by atoms with van der Waals surface area (Å²) in [6, 6.07) is 9.20. The molecular formula is C28H32F3N5O3. The number of nitrogens with zero attached hydrogens (tertiary/aromatic N) is 4. The standard InChI is InChI=1S/C28H32F3N5O3/c1-18(37)36-10-8-19(9-11-36)24-13-25(34-33-24)20-12-22(15-32-14-20)27(38,26(2)16-35(3)17-26)21-4-6-23(7-5-21)39-28(29,30)31/h4-7,12-15,19,38H,8-11,16-17H2,1-3H3,(H,33,34)/t27-/m0/s1. The molecule has 39 heavy (non-hydrogen) atoms. The number of aromatic nitrogens is 3. The number of aromatic amines is 1. The molecule has 5 rings (SSSR count). The van der Waals surface area contributed by atoms with E-state index >= 15 is 0 Å². The van der Waals surface area contributed by atoms with E-state index < -0.39 is 17.4 Å². The van der Waals surface area contributed by atoms with Crippen LogP contribution in [0.4, 0.5) is 13.2 Å². The molecule has 0 bridgehead atoms. The lowest BCUT2D eigenvalue weighted by Gasteiger charge is -2.55. The number of carbonyl (C=O) groups is 1. The molecule has 11 heteroatoms. The molecule has 3 aromatic rings. The topological polar surface area (TPSA) is 94.6 Å². The first kappa shape index (κ1) is 27.1. The average molecular weight is 544 g/mol. The molecule has 2 aliphatic heterocycles. The van der Waals surface area contributed by atoms with E-state index in [0.29, 0.717) is 48.6 Å². The van der Waals surface area contributed by atoms with Crippen LogP contribution in [0.5, 0.6) is 5.75 Å². The number of hydrogen-bond donors (Lipinski definition) is 2. The zero-order chi connectivity index (χ0) is 28.0. The Labute approximate surface area is 224 Å². The molecule has 2 aromatic heterocycles. The monoisotopic (exact) mass is 543 g/mol. The highest BCUT2D eigenvalue weighted by Gasteiger charge is 2.55. The van der Waals surface area contributed by atoms with E-state index in [2.05, 4.69) is 24.8 Å². The SMILES string of the molecule is CC(=O)N1CCC(c2cc(-c3cncc([C@@](O)(c4ccc(OC(F)(F)F)cc4)C4(C)CN(C)C4)c3)n[nH]2)CC1. The van der Waals surface area contributed by atoms with Gasteiger partial charge in [-0.15, -0.1) is 13.2 Å². The van der Waals surface area contributed by atoms with Crippen LogP contribution < -0.4 is 4.74 Å². The molecule has 2 fully saturated rings. The number of benzene rings is 1. The predicted octanol–water partition coefficient (Wildman–Crippen LogP) is 4.28. The summed E-state index contributed by atoms with van der Waals surface area (Å²) in [5, 5.41) is 20.0. The summed E-state index contributed by atoms with van der Waals surface area (Å²) in [5.41, 5.74) is 1.21. The number of rotatable bonds is 6. The molecule has 1 atom stereocenters. The number of pyridine rings is 1. The van der Waals surface area contributed by atoms with E-state index in [1.807, 2.05) is 31.0 Å². The third-order valence-corrected chi connectivity index (χ3v) is 8.05. The number of alkyl halides is 3. The second-order valence-electron chi connectivity index (χ2n) is 11.0. The molecule has 2 aliphatic rings. The number of halogens is 3. The Kier molecular flexibility index (Phi) is 6.92. The lowest BCUT2D eigenvalue weighted by Crippen LogP contribution is -2.63. The number of nitrogens with one attached hydrogen (secondary N) is 1. The first-order valence-electron chi connectivity index (χ1n) is 12.9. The van der Waals surface area contributed by atoms with Crippen molar-refractivity contribution in [3.8, 4) is 17.0 Å². The first-order chi connectivity index (χ1) is 18.4. The van der Waals surface area contributed by atoms with Crippen LogP contribution in [0.3, 0.4) is 0 Å². The number of H-pyrrole nitrogens is 1. The van der Waals surface area contributed by atoms with E-state index in [1.54, 1.807) is 19.3 Å². The molecule has 208 valence electrons. The van der Waals surface area contributed by atoms with Gasteiger partial charge in [-0.1, -0.05) is 19.1 Å². The third-order valence-electron chi connectivity index (χ3n) is 8.05. The van der Waals surface area contributed by atoms with E-state index in [0.717, 1.165) is 18.5 Å². The fraction of sp³-hybridized carbons (Fsp3) is 0.464. The van der Waals surface area contributed by atoms with Gasteiger partial charge >= 0.3 is 6.36 Å². The van der Waals surface area contributed by atoms with Crippen LogP contribution in [0.1, 0.15) is 49.4 Å². The van der Waals surface area contributed by atoms with E-state index in [9.17, 15) is 23.1 Å². The summed E-state index contributed by atoms with van der Waals surface area (Å²) in [5.74, 6) is -0.00526. The van der Waals surface area contributed by atoms with Gasteiger partial charge < -0.3 is 19.6 Å². The summed E-state index contributed by atoms with van der Waals surface area (Å²) < 4.78 is 42.1. The summed E-state index contributed by atoms with van der Waals surface area (Å²) in [6.45, 7) is 6.12. The van der Waals surface area contributed by atoms with Crippen LogP contribution in [-0.2, 0) is 10.4 Å². The lowest BCUT2D eigenvalue weighted by molar-refractivity contribution is -0.274. The maximum absolute atomic E-state index is 12.7. The Morgan fingerprint density at radius 3 is 2.36 bits per heavy atom. The molecule has 0 unspecified atom stereocenters. The molecule has 0 saturated carbocycles. The molecule has 1 aromatic carbocycles. The Bertz CT molecular complexity index is 1330. The van der Waals surface area contributed by atoms with Crippen molar-refractivity contribution in [3.05, 3.63) is 65.6 Å². The van der Waals surface area contributed by atoms with Crippen LogP contribution >= 0.6 is 0 Å². The zero-order valence-electron chi connectivity index (χ0n) is 22.1. The highest BCUT2D eigenvalue weighted by atomic mass is 19.4. The minimum Gasteiger partial charge on any atom is -0.406 e. The van der Waals surface area contributed by atoms with Gasteiger partial charge in [0.2, 0.25) is 5.91 Å².